The summed E-state index contributed by atoms with van der Waals surface area (Å²) in [5, 5.41) is 0. The molecule has 0 aromatic heterocycles. The minimum Gasteiger partial charge on any atom is -0.335 e. The van der Waals surface area contributed by atoms with Crippen molar-refractivity contribution in [1.82, 2.24) is 14.7 Å². The molecule has 3 atom stereocenters. The molecule has 5 rings (SSSR count). The predicted molar refractivity (Wildman–Crippen MR) is 135 cm³/mol. The van der Waals surface area contributed by atoms with Gasteiger partial charge in [-0.15, -0.1) is 0 Å². The lowest BCUT2D eigenvalue weighted by molar-refractivity contribution is -0.143. The quantitative estimate of drug-likeness (QED) is 0.437. The average molecular weight is 554 g/mol. The van der Waals surface area contributed by atoms with Crippen molar-refractivity contribution in [2.45, 2.75) is 56.5 Å². The third kappa shape index (κ3) is 6.11. The largest absolute Gasteiger partial charge is 0.416 e. The minimum absolute atomic E-state index is 0.0636. The Morgan fingerprint density at radius 3 is 2.13 bits per heavy atom. The van der Waals surface area contributed by atoms with Gasteiger partial charge in [0.25, 0.3) is 5.91 Å². The molecule has 39 heavy (non-hydrogen) atoms. The van der Waals surface area contributed by atoms with Crippen molar-refractivity contribution in [1.29, 1.82) is 0 Å². The first-order valence-corrected chi connectivity index (χ1v) is 13.4. The Labute approximate surface area is 224 Å². The zero-order valence-corrected chi connectivity index (χ0v) is 21.9. The zero-order chi connectivity index (χ0) is 28.0. The van der Waals surface area contributed by atoms with E-state index >= 15 is 0 Å². The number of rotatable bonds is 4. The van der Waals surface area contributed by atoms with Gasteiger partial charge < -0.3 is 9.80 Å². The van der Waals surface area contributed by atoms with Crippen LogP contribution in [0.4, 0.5) is 26.3 Å². The summed E-state index contributed by atoms with van der Waals surface area (Å²) in [6, 6.07) is 10.5. The molecule has 212 valence electrons. The van der Waals surface area contributed by atoms with Gasteiger partial charge in [-0.3, -0.25) is 9.69 Å². The predicted octanol–water partition coefficient (Wildman–Crippen LogP) is 5.97. The molecule has 0 bridgehead atoms. The number of halogens is 6. The summed E-state index contributed by atoms with van der Waals surface area (Å²) in [6.07, 6.45) is -6.01. The molecule has 0 saturated carbocycles. The molecule has 3 aliphatic heterocycles. The number of nitrogens with zero attached hydrogens (tertiary/aromatic N) is 3. The number of hydrogen-bond donors (Lipinski definition) is 0. The molecule has 3 aliphatic rings. The molecule has 2 aromatic carbocycles. The van der Waals surface area contributed by atoms with Gasteiger partial charge in [0.1, 0.15) is 0 Å². The third-order valence-corrected chi connectivity index (χ3v) is 8.71. The van der Waals surface area contributed by atoms with E-state index < -0.39 is 35.0 Å². The summed E-state index contributed by atoms with van der Waals surface area (Å²) in [5.41, 5.74) is -2.28. The van der Waals surface area contributed by atoms with Crippen LogP contribution >= 0.6 is 0 Å². The van der Waals surface area contributed by atoms with Crippen molar-refractivity contribution in [3.05, 3.63) is 70.8 Å². The molecular weight excluding hydrogens is 520 g/mol. The number of amides is 1. The van der Waals surface area contributed by atoms with Gasteiger partial charge >= 0.3 is 12.4 Å². The van der Waals surface area contributed by atoms with Gasteiger partial charge in [-0.2, -0.15) is 26.3 Å². The van der Waals surface area contributed by atoms with Gasteiger partial charge in [0.05, 0.1) is 11.1 Å². The van der Waals surface area contributed by atoms with Gasteiger partial charge in [0.15, 0.2) is 0 Å². The third-order valence-electron chi connectivity index (χ3n) is 8.71. The van der Waals surface area contributed by atoms with Crippen molar-refractivity contribution >= 4 is 5.91 Å². The first-order valence-electron chi connectivity index (χ1n) is 13.4. The van der Waals surface area contributed by atoms with E-state index in [1.165, 1.54) is 4.90 Å². The molecule has 3 unspecified atom stereocenters. The Bertz CT molecular complexity index is 1150. The zero-order valence-electron chi connectivity index (χ0n) is 21.9. The Morgan fingerprint density at radius 2 is 1.54 bits per heavy atom. The lowest BCUT2D eigenvalue weighted by Gasteiger charge is -2.43. The highest BCUT2D eigenvalue weighted by atomic mass is 19.4. The molecule has 1 spiro atoms. The smallest absolute Gasteiger partial charge is 0.335 e. The maximum absolute atomic E-state index is 13.6. The van der Waals surface area contributed by atoms with Crippen LogP contribution < -0.4 is 0 Å². The lowest BCUT2D eigenvalue weighted by atomic mass is 9.86. The Hall–Kier alpha value is -2.59. The Morgan fingerprint density at radius 1 is 0.897 bits per heavy atom. The lowest BCUT2D eigenvalue weighted by Crippen LogP contribution is -2.52. The maximum Gasteiger partial charge on any atom is 0.416 e. The van der Waals surface area contributed by atoms with E-state index in [0.717, 1.165) is 44.6 Å². The summed E-state index contributed by atoms with van der Waals surface area (Å²) in [4.78, 5) is 19.9. The van der Waals surface area contributed by atoms with Crippen LogP contribution in [-0.4, -0.2) is 72.5 Å². The molecule has 3 fully saturated rings. The molecule has 4 nitrogen and oxygen atoms in total. The molecule has 1 amide bonds. The van der Waals surface area contributed by atoms with Crippen LogP contribution in [0.5, 0.6) is 0 Å². The number of carbonyl (C=O) groups excluding carboxylic acids is 1. The van der Waals surface area contributed by atoms with Crippen LogP contribution in [0.3, 0.4) is 0 Å². The number of benzene rings is 2. The molecule has 3 saturated heterocycles. The fraction of sp³-hybridized carbons (Fsp3) is 0.552. The van der Waals surface area contributed by atoms with Crippen molar-refractivity contribution < 1.29 is 31.1 Å². The van der Waals surface area contributed by atoms with Crippen LogP contribution in [-0.2, 0) is 18.8 Å². The second-order valence-electron chi connectivity index (χ2n) is 11.5. The first-order chi connectivity index (χ1) is 18.3. The summed E-state index contributed by atoms with van der Waals surface area (Å²) < 4.78 is 80.9. The summed E-state index contributed by atoms with van der Waals surface area (Å²) in [5.74, 6) is -0.790. The van der Waals surface area contributed by atoms with Crippen LogP contribution in [0.2, 0.25) is 0 Å². The number of hydrogen-bond acceptors (Lipinski definition) is 3. The Balaban J connectivity index is 1.41. The van der Waals surface area contributed by atoms with Crippen molar-refractivity contribution in [3.63, 3.8) is 0 Å². The topological polar surface area (TPSA) is 26.8 Å². The average Bonchev–Trinajstić information content (AvgIpc) is 3.47. The molecule has 0 N–H and O–H groups in total. The normalized spacial score (nSPS) is 27.0. The van der Waals surface area contributed by atoms with Gasteiger partial charge in [-0.25, -0.2) is 0 Å². The first kappa shape index (κ1) is 28.0. The van der Waals surface area contributed by atoms with Crippen LogP contribution in [0.15, 0.2) is 48.5 Å². The second-order valence-corrected chi connectivity index (χ2v) is 11.5. The minimum atomic E-state index is -5.01. The van der Waals surface area contributed by atoms with E-state index in [4.69, 9.17) is 0 Å². The van der Waals surface area contributed by atoms with Gasteiger partial charge in [-0.05, 0) is 81.4 Å². The highest BCUT2D eigenvalue weighted by molar-refractivity contribution is 5.95. The maximum atomic E-state index is 13.6. The highest BCUT2D eigenvalue weighted by Crippen LogP contribution is 2.42. The summed E-state index contributed by atoms with van der Waals surface area (Å²) in [7, 11) is 2.13. The molecule has 0 radical (unpaired) electrons. The standard InChI is InChI=1S/C29H33F6N3O/c1-36-11-8-27(18-36)9-12-37(19-27)24-7-10-38(25(17-24)13-20-5-3-2-4-6-20)26(39)21-14-22(28(30,31)32)16-23(15-21)29(33,34)35/h2-6,14-16,24-25H,7-13,17-19H2,1H3. The second kappa shape index (κ2) is 10.4. The van der Waals surface area contributed by atoms with Crippen LogP contribution in [0.25, 0.3) is 0 Å². The number of carbonyl (C=O) groups is 1. The van der Waals surface area contributed by atoms with Gasteiger partial charge in [-0.1, -0.05) is 30.3 Å². The van der Waals surface area contributed by atoms with Gasteiger partial charge in [0, 0.05) is 37.3 Å². The van der Waals surface area contributed by atoms with Crippen LogP contribution in [0, 0.1) is 5.41 Å². The van der Waals surface area contributed by atoms with Gasteiger partial charge in [0.2, 0.25) is 0 Å². The number of piperidine rings is 1. The van der Waals surface area contributed by atoms with Crippen molar-refractivity contribution in [2.75, 3.05) is 39.8 Å². The molecule has 3 heterocycles. The number of likely N-dealkylation sites (tertiary alicyclic amines) is 3. The Kier molecular flexibility index (Phi) is 7.47. The summed E-state index contributed by atoms with van der Waals surface area (Å²) in [6.45, 7) is 4.37. The van der Waals surface area contributed by atoms with E-state index in [-0.39, 0.29) is 30.1 Å². The molecular formula is C29H33F6N3O. The van der Waals surface area contributed by atoms with E-state index in [0.29, 0.717) is 31.4 Å². The molecule has 0 aliphatic carbocycles. The fourth-order valence-electron chi connectivity index (χ4n) is 6.73. The summed E-state index contributed by atoms with van der Waals surface area (Å²) >= 11 is 0. The monoisotopic (exact) mass is 553 g/mol. The van der Waals surface area contributed by atoms with E-state index in [1.807, 2.05) is 30.3 Å². The molecule has 10 heteroatoms. The highest BCUT2D eigenvalue weighted by Gasteiger charge is 2.46. The fourth-order valence-corrected chi connectivity index (χ4v) is 6.73. The SMILES string of the molecule is CN1CCC2(CCN(C3CCN(C(=O)c4cc(C(F)(F)F)cc(C(F)(F)F)c4)C(Cc4ccccc4)C3)C2)C1. The van der Waals surface area contributed by atoms with E-state index in [9.17, 15) is 31.1 Å². The van der Waals surface area contributed by atoms with E-state index in [2.05, 4.69) is 16.8 Å². The van der Waals surface area contributed by atoms with E-state index in [1.54, 1.807) is 0 Å². The number of alkyl halides is 6. The van der Waals surface area contributed by atoms with Crippen molar-refractivity contribution in [2.24, 2.45) is 5.41 Å². The molecule has 2 aromatic rings. The van der Waals surface area contributed by atoms with Crippen molar-refractivity contribution in [3.8, 4) is 0 Å². The van der Waals surface area contributed by atoms with Crippen LogP contribution in [0.1, 0.15) is 52.7 Å².